The third kappa shape index (κ3) is 15.8. The Labute approximate surface area is 70.0 Å². The predicted molar refractivity (Wildman–Crippen MR) is 26.4 cm³/mol. The Kier molecular flexibility index (Phi) is 9.69. The predicted octanol–water partition coefficient (Wildman–Crippen LogP) is -1.73. The maximum absolute atomic E-state index is 8.25. The van der Waals surface area contributed by atoms with E-state index in [4.69, 9.17) is 23.8 Å². The third-order valence-electron chi connectivity index (χ3n) is 0.670. The van der Waals surface area contributed by atoms with Crippen LogP contribution in [0.25, 0.3) is 0 Å². The Morgan fingerprint density at radius 1 is 1.20 bits per heavy atom. The Hall–Kier alpha value is 0.354. The normalized spacial score (nSPS) is 9.90. The molecule has 0 saturated heterocycles. The Morgan fingerprint density at radius 3 is 1.70 bits per heavy atom. The summed E-state index contributed by atoms with van der Waals surface area (Å²) in [5.74, 6) is -2.61. The van der Waals surface area contributed by atoms with Crippen LogP contribution in [0.3, 0.4) is 0 Å². The van der Waals surface area contributed by atoms with Crippen molar-refractivity contribution >= 4 is 0 Å². The van der Waals surface area contributed by atoms with Crippen molar-refractivity contribution in [3.8, 4) is 0 Å². The summed E-state index contributed by atoms with van der Waals surface area (Å²) in [4.78, 5) is 0. The molecule has 0 atom stereocenters. The van der Waals surface area contributed by atoms with Crippen LogP contribution in [0.2, 0.25) is 0 Å². The summed E-state index contributed by atoms with van der Waals surface area (Å²) in [6.45, 7) is -0.149. The van der Waals surface area contributed by atoms with Crippen LogP contribution >= 0.6 is 0 Å². The fourth-order valence-electron chi connectivity index (χ4n) is 0.316. The first-order chi connectivity index (χ1) is 4.56. The quantitative estimate of drug-likeness (QED) is 0.310. The second kappa shape index (κ2) is 7.46. The number of aliphatic hydroxyl groups is 4. The van der Waals surface area contributed by atoms with Gasteiger partial charge in [0.15, 0.2) is 0 Å². The van der Waals surface area contributed by atoms with Crippen LogP contribution in [0.4, 0.5) is 0 Å². The van der Waals surface area contributed by atoms with Gasteiger partial charge < -0.3 is 20.4 Å². The molecule has 0 aromatic heterocycles. The molecular weight excluding hydrogens is 176 g/mol. The van der Waals surface area contributed by atoms with Gasteiger partial charge in [-0.1, -0.05) is 0 Å². The first kappa shape index (κ1) is 13.0. The van der Waals surface area contributed by atoms with Gasteiger partial charge in [-0.25, -0.2) is 0 Å². The molecule has 10 heavy (non-hydrogen) atoms. The third-order valence-corrected chi connectivity index (χ3v) is 0.670. The van der Waals surface area contributed by atoms with Crippen molar-refractivity contribution in [1.29, 1.82) is 0 Å². The molecule has 0 aromatic carbocycles. The van der Waals surface area contributed by atoms with Gasteiger partial charge in [0.1, 0.15) is 0 Å². The van der Waals surface area contributed by atoms with Crippen LogP contribution in [0.1, 0.15) is 12.8 Å². The molecule has 6 heteroatoms. The van der Waals surface area contributed by atoms with Crippen LogP contribution in [-0.4, -0.2) is 33.0 Å². The van der Waals surface area contributed by atoms with Crippen molar-refractivity contribution in [3.63, 3.8) is 0 Å². The van der Waals surface area contributed by atoms with E-state index in [2.05, 4.69) is 0 Å². The van der Waals surface area contributed by atoms with Gasteiger partial charge in [0.2, 0.25) is 0 Å². The van der Waals surface area contributed by atoms with E-state index in [9.17, 15) is 0 Å². The van der Waals surface area contributed by atoms with Gasteiger partial charge >= 0.3 is 23.7 Å². The molecule has 0 aliphatic rings. The number of aliphatic hydroxyl groups excluding tert-OH is 1. The van der Waals surface area contributed by atoms with Gasteiger partial charge in [0.05, 0.1) is 0 Å². The van der Waals surface area contributed by atoms with Crippen LogP contribution in [0.5, 0.6) is 0 Å². The van der Waals surface area contributed by atoms with Gasteiger partial charge in [-0.2, -0.15) is 0 Å². The average Bonchev–Trinajstić information content (AvgIpc) is 1.87. The molecule has 0 saturated carbocycles. The molecule has 60 valence electrons. The molecule has 5 nitrogen and oxygen atoms in total. The average molecular weight is 186 g/mol. The van der Waals surface area contributed by atoms with E-state index < -0.39 is 5.97 Å². The summed E-state index contributed by atoms with van der Waals surface area (Å²) in [6.07, 6.45) is -0.0347. The standard InChI is InChI=1S/C4H10O4.O.Ti/c5-3-1-2-4(6,7)8;;/h5-8H,1-3H2;;. The van der Waals surface area contributed by atoms with E-state index in [0.29, 0.717) is 0 Å². The van der Waals surface area contributed by atoms with Crippen LogP contribution in [-0.2, 0) is 23.7 Å². The summed E-state index contributed by atoms with van der Waals surface area (Å²) >= 11 is 0.750. The second-order valence-electron chi connectivity index (χ2n) is 1.60. The summed E-state index contributed by atoms with van der Waals surface area (Å²) in [7, 11) is 0. The minimum absolute atomic E-state index is 0.149. The van der Waals surface area contributed by atoms with Crippen molar-refractivity contribution in [2.75, 3.05) is 6.61 Å². The second-order valence-corrected chi connectivity index (χ2v) is 1.60. The van der Waals surface area contributed by atoms with Gasteiger partial charge in [0, 0.05) is 13.0 Å². The van der Waals surface area contributed by atoms with Crippen LogP contribution < -0.4 is 0 Å². The number of hydrogen-bond acceptors (Lipinski definition) is 5. The molecule has 0 aromatic rings. The fourth-order valence-corrected chi connectivity index (χ4v) is 0.316. The molecule has 0 bridgehead atoms. The van der Waals surface area contributed by atoms with Gasteiger partial charge in [0.25, 0.3) is 5.97 Å². The monoisotopic (exact) mass is 186 g/mol. The zero-order valence-electron chi connectivity index (χ0n) is 5.32. The molecule has 0 amide bonds. The Bertz CT molecular complexity index is 70.5. The van der Waals surface area contributed by atoms with Crippen molar-refractivity contribution in [2.45, 2.75) is 18.8 Å². The van der Waals surface area contributed by atoms with E-state index in [-0.39, 0.29) is 19.4 Å². The summed E-state index contributed by atoms with van der Waals surface area (Å²) in [5.41, 5.74) is 0. The summed E-state index contributed by atoms with van der Waals surface area (Å²) in [5, 5.41) is 32.5. The van der Waals surface area contributed by atoms with E-state index >= 15 is 0 Å². The van der Waals surface area contributed by atoms with E-state index in [1.54, 1.807) is 0 Å². The molecular formula is C4H10O5Ti. The fraction of sp³-hybridized carbons (Fsp3) is 1.00. The molecule has 0 fully saturated rings. The Balaban J connectivity index is 0. The van der Waals surface area contributed by atoms with E-state index in [1.807, 2.05) is 0 Å². The van der Waals surface area contributed by atoms with Crippen LogP contribution in [0, 0.1) is 0 Å². The van der Waals surface area contributed by atoms with Crippen molar-refractivity contribution in [1.82, 2.24) is 0 Å². The molecule has 0 spiro atoms. The Morgan fingerprint density at radius 2 is 1.60 bits per heavy atom. The molecule has 0 rings (SSSR count). The molecule has 0 heterocycles. The first-order valence-corrected chi connectivity index (χ1v) is 3.18. The SMILES string of the molecule is OCCCC(O)(O)O.[O]=[Ti]. The summed E-state index contributed by atoms with van der Waals surface area (Å²) < 4.78 is 8.25. The van der Waals surface area contributed by atoms with Crippen molar-refractivity contribution in [3.05, 3.63) is 0 Å². The zero-order valence-corrected chi connectivity index (χ0v) is 6.88. The molecule has 0 aliphatic heterocycles. The van der Waals surface area contributed by atoms with Gasteiger partial charge in [-0.15, -0.1) is 0 Å². The maximum atomic E-state index is 8.25. The molecule has 0 aliphatic carbocycles. The zero-order chi connectivity index (χ0) is 8.62. The topological polar surface area (TPSA) is 98.0 Å². The molecule has 0 radical (unpaired) electrons. The molecule has 0 unspecified atom stereocenters. The van der Waals surface area contributed by atoms with Gasteiger partial charge in [-0.3, -0.25) is 0 Å². The number of hydrogen-bond donors (Lipinski definition) is 4. The first-order valence-electron chi connectivity index (χ1n) is 2.54. The van der Waals surface area contributed by atoms with E-state index in [1.165, 1.54) is 0 Å². The molecule has 4 N–H and O–H groups in total. The number of rotatable bonds is 3. The van der Waals surface area contributed by atoms with E-state index in [0.717, 1.165) is 20.4 Å². The summed E-state index contributed by atoms with van der Waals surface area (Å²) in [6, 6.07) is 0. The minimum atomic E-state index is -2.61. The van der Waals surface area contributed by atoms with Crippen molar-refractivity contribution < 1.29 is 44.2 Å². The van der Waals surface area contributed by atoms with Crippen molar-refractivity contribution in [2.24, 2.45) is 0 Å². The van der Waals surface area contributed by atoms with Crippen LogP contribution in [0.15, 0.2) is 0 Å². The van der Waals surface area contributed by atoms with Gasteiger partial charge in [-0.05, 0) is 6.42 Å².